The van der Waals surface area contributed by atoms with Crippen LogP contribution < -0.4 is 4.74 Å². The highest BCUT2D eigenvalue weighted by atomic mass is 16.6. The lowest BCUT2D eigenvalue weighted by Gasteiger charge is -2.12. The summed E-state index contributed by atoms with van der Waals surface area (Å²) < 4.78 is 10.1. The van der Waals surface area contributed by atoms with Gasteiger partial charge in [-0.2, -0.15) is 0 Å². The Morgan fingerprint density at radius 1 is 0.950 bits per heavy atom. The van der Waals surface area contributed by atoms with Gasteiger partial charge in [0.15, 0.2) is 6.10 Å². The van der Waals surface area contributed by atoms with Crippen LogP contribution in [-0.2, 0) is 9.53 Å². The van der Waals surface area contributed by atoms with E-state index < -0.39 is 6.10 Å². The molecule has 0 aliphatic rings. The van der Waals surface area contributed by atoms with Crippen molar-refractivity contribution in [2.75, 3.05) is 7.11 Å². The Morgan fingerprint density at radius 2 is 1.45 bits per heavy atom. The average Bonchev–Trinajstić information content (AvgIpc) is 2.48. The number of aryl methyl sites for hydroxylation is 1. The minimum absolute atomic E-state index is 0.382. The van der Waals surface area contributed by atoms with E-state index in [0.717, 1.165) is 11.1 Å². The zero-order valence-corrected chi connectivity index (χ0v) is 11.9. The third kappa shape index (κ3) is 3.38. The van der Waals surface area contributed by atoms with Crippen molar-refractivity contribution < 1.29 is 14.3 Å². The first-order valence-electron chi connectivity index (χ1n) is 6.52. The molecular weight excluding hydrogens is 252 g/mol. The molecule has 0 aliphatic heterocycles. The molecule has 104 valence electrons. The van der Waals surface area contributed by atoms with Gasteiger partial charge in [-0.25, -0.2) is 4.79 Å². The summed E-state index contributed by atoms with van der Waals surface area (Å²) >= 11 is 0. The van der Waals surface area contributed by atoms with Crippen molar-refractivity contribution >= 4 is 5.97 Å². The van der Waals surface area contributed by atoms with Crippen LogP contribution in [0, 0.1) is 6.92 Å². The van der Waals surface area contributed by atoms with Crippen molar-refractivity contribution in [3.05, 3.63) is 54.1 Å². The van der Waals surface area contributed by atoms with E-state index in [9.17, 15) is 4.79 Å². The second-order valence-corrected chi connectivity index (χ2v) is 4.67. The Morgan fingerprint density at radius 3 is 1.95 bits per heavy atom. The molecule has 2 aromatic rings. The van der Waals surface area contributed by atoms with E-state index in [4.69, 9.17) is 4.74 Å². The zero-order valence-electron chi connectivity index (χ0n) is 11.9. The van der Waals surface area contributed by atoms with Crippen molar-refractivity contribution in [2.45, 2.75) is 20.0 Å². The average molecular weight is 270 g/mol. The van der Waals surface area contributed by atoms with E-state index in [-0.39, 0.29) is 5.97 Å². The second-order valence-electron chi connectivity index (χ2n) is 4.67. The van der Waals surface area contributed by atoms with E-state index in [1.807, 2.05) is 24.3 Å². The lowest BCUT2D eigenvalue weighted by atomic mass is 10.0. The van der Waals surface area contributed by atoms with Crippen molar-refractivity contribution in [1.82, 2.24) is 0 Å². The predicted octanol–water partition coefficient (Wildman–Crippen LogP) is 3.60. The van der Waals surface area contributed by atoms with Gasteiger partial charge in [-0.1, -0.05) is 42.0 Å². The molecule has 0 amide bonds. The first kappa shape index (κ1) is 14.1. The number of carbonyl (C=O) groups is 1. The van der Waals surface area contributed by atoms with Gasteiger partial charge in [0.2, 0.25) is 0 Å². The van der Waals surface area contributed by atoms with Crippen LogP contribution in [0.4, 0.5) is 0 Å². The fourth-order valence-corrected chi connectivity index (χ4v) is 1.89. The molecule has 0 unspecified atom stereocenters. The Bertz CT molecular complexity index is 570. The summed E-state index contributed by atoms with van der Waals surface area (Å²) in [4.78, 5) is 11.3. The zero-order chi connectivity index (χ0) is 14.5. The van der Waals surface area contributed by atoms with Gasteiger partial charge in [0.25, 0.3) is 0 Å². The van der Waals surface area contributed by atoms with Crippen LogP contribution >= 0.6 is 0 Å². The van der Waals surface area contributed by atoms with Crippen LogP contribution in [0.2, 0.25) is 0 Å². The number of hydrogen-bond acceptors (Lipinski definition) is 3. The number of hydrogen-bond donors (Lipinski definition) is 0. The summed E-state index contributed by atoms with van der Waals surface area (Å²) in [7, 11) is 1.35. The minimum atomic E-state index is -0.606. The molecule has 0 heterocycles. The highest BCUT2D eigenvalue weighted by Gasteiger charge is 2.14. The molecular formula is C17H18O3. The SMILES string of the molecule is COC(=O)[C@@H](C)Oc1ccc(-c2ccc(C)cc2)cc1. The van der Waals surface area contributed by atoms with Gasteiger partial charge in [0.05, 0.1) is 7.11 Å². The van der Waals surface area contributed by atoms with Gasteiger partial charge in [0, 0.05) is 0 Å². The lowest BCUT2D eigenvalue weighted by Crippen LogP contribution is -2.24. The number of methoxy groups -OCH3 is 1. The highest BCUT2D eigenvalue weighted by molar-refractivity contribution is 5.74. The first-order chi connectivity index (χ1) is 9.60. The first-order valence-corrected chi connectivity index (χ1v) is 6.52. The van der Waals surface area contributed by atoms with Gasteiger partial charge in [0.1, 0.15) is 5.75 Å². The summed E-state index contributed by atoms with van der Waals surface area (Å²) in [6, 6.07) is 16.0. The van der Waals surface area contributed by atoms with E-state index in [2.05, 4.69) is 35.9 Å². The van der Waals surface area contributed by atoms with Crippen LogP contribution in [0.25, 0.3) is 11.1 Å². The maximum atomic E-state index is 11.3. The van der Waals surface area contributed by atoms with E-state index >= 15 is 0 Å². The molecule has 0 saturated carbocycles. The molecule has 0 bridgehead atoms. The monoisotopic (exact) mass is 270 g/mol. The van der Waals surface area contributed by atoms with Gasteiger partial charge in [-0.3, -0.25) is 0 Å². The van der Waals surface area contributed by atoms with Crippen LogP contribution in [-0.4, -0.2) is 19.2 Å². The molecule has 0 N–H and O–H groups in total. The smallest absolute Gasteiger partial charge is 0.346 e. The van der Waals surface area contributed by atoms with Gasteiger partial charge in [-0.15, -0.1) is 0 Å². The van der Waals surface area contributed by atoms with Crippen molar-refractivity contribution in [3.63, 3.8) is 0 Å². The number of ether oxygens (including phenoxy) is 2. The summed E-state index contributed by atoms with van der Waals surface area (Å²) in [6.07, 6.45) is -0.606. The third-order valence-corrected chi connectivity index (χ3v) is 3.09. The largest absolute Gasteiger partial charge is 0.479 e. The summed E-state index contributed by atoms with van der Waals surface area (Å²) in [5, 5.41) is 0. The fourth-order valence-electron chi connectivity index (χ4n) is 1.89. The Balaban J connectivity index is 2.10. The van der Waals surface area contributed by atoms with E-state index in [1.54, 1.807) is 6.92 Å². The van der Waals surface area contributed by atoms with E-state index in [0.29, 0.717) is 5.75 Å². The molecule has 3 nitrogen and oxygen atoms in total. The molecule has 0 spiro atoms. The van der Waals surface area contributed by atoms with Crippen molar-refractivity contribution in [3.8, 4) is 16.9 Å². The number of carbonyl (C=O) groups excluding carboxylic acids is 1. The van der Waals surface area contributed by atoms with Crippen LogP contribution in [0.1, 0.15) is 12.5 Å². The number of esters is 1. The maximum Gasteiger partial charge on any atom is 0.346 e. The Hall–Kier alpha value is -2.29. The summed E-state index contributed by atoms with van der Waals surface area (Å²) in [6.45, 7) is 3.73. The highest BCUT2D eigenvalue weighted by Crippen LogP contribution is 2.23. The van der Waals surface area contributed by atoms with Crippen LogP contribution in [0.15, 0.2) is 48.5 Å². The quantitative estimate of drug-likeness (QED) is 0.796. The van der Waals surface area contributed by atoms with Gasteiger partial charge >= 0.3 is 5.97 Å². The summed E-state index contributed by atoms with van der Waals surface area (Å²) in [5.41, 5.74) is 3.51. The van der Waals surface area contributed by atoms with Gasteiger partial charge < -0.3 is 9.47 Å². The predicted molar refractivity (Wildman–Crippen MR) is 78.7 cm³/mol. The molecule has 0 aliphatic carbocycles. The number of rotatable bonds is 4. The number of benzene rings is 2. The molecule has 1 atom stereocenters. The molecule has 2 aromatic carbocycles. The second kappa shape index (κ2) is 6.24. The standard InChI is InChI=1S/C17H18O3/c1-12-4-6-14(7-5-12)15-8-10-16(11-9-15)20-13(2)17(18)19-3/h4-11,13H,1-3H3/t13-/m1/s1. The normalized spacial score (nSPS) is 11.8. The lowest BCUT2D eigenvalue weighted by molar-refractivity contribution is -0.147. The molecule has 0 saturated heterocycles. The van der Waals surface area contributed by atoms with Crippen molar-refractivity contribution in [1.29, 1.82) is 0 Å². The Labute approximate surface area is 119 Å². The van der Waals surface area contributed by atoms with Crippen LogP contribution in [0.3, 0.4) is 0 Å². The molecule has 0 aromatic heterocycles. The topological polar surface area (TPSA) is 35.5 Å². The summed E-state index contributed by atoms with van der Waals surface area (Å²) in [5.74, 6) is 0.270. The minimum Gasteiger partial charge on any atom is -0.479 e. The van der Waals surface area contributed by atoms with Crippen LogP contribution in [0.5, 0.6) is 5.75 Å². The molecule has 0 fully saturated rings. The van der Waals surface area contributed by atoms with Gasteiger partial charge in [-0.05, 0) is 37.1 Å². The molecule has 2 rings (SSSR count). The Kier molecular flexibility index (Phi) is 4.41. The third-order valence-electron chi connectivity index (χ3n) is 3.09. The molecule has 3 heteroatoms. The molecule has 0 radical (unpaired) electrons. The maximum absolute atomic E-state index is 11.3. The molecule has 20 heavy (non-hydrogen) atoms. The fraction of sp³-hybridized carbons (Fsp3) is 0.235. The van der Waals surface area contributed by atoms with Crippen molar-refractivity contribution in [2.24, 2.45) is 0 Å². The van der Waals surface area contributed by atoms with E-state index in [1.165, 1.54) is 12.7 Å².